The van der Waals surface area contributed by atoms with Crippen LogP contribution in [0.3, 0.4) is 0 Å². The lowest BCUT2D eigenvalue weighted by Crippen LogP contribution is -2.42. The van der Waals surface area contributed by atoms with Gasteiger partial charge in [-0.15, -0.1) is 0 Å². The van der Waals surface area contributed by atoms with E-state index < -0.39 is 0 Å². The summed E-state index contributed by atoms with van der Waals surface area (Å²) in [4.78, 5) is 11.5. The molecule has 0 saturated heterocycles. The van der Waals surface area contributed by atoms with E-state index >= 15 is 0 Å². The minimum atomic E-state index is -0.322. The fourth-order valence-electron chi connectivity index (χ4n) is 1.22. The molecule has 0 saturated carbocycles. The fraction of sp³-hybridized carbons (Fsp3) is 0.917. The van der Waals surface area contributed by atoms with Gasteiger partial charge in [-0.25, -0.2) is 0 Å². The van der Waals surface area contributed by atoms with Crippen molar-refractivity contribution >= 4 is 5.97 Å². The summed E-state index contributed by atoms with van der Waals surface area (Å²) in [5.74, 6) is -0.215. The standard InChI is InChI=1S/C12H25NO3/c1-4-7-9-15-10-11(13-8-5-2)12(14)16-6-3/h11,13H,4-10H2,1-3H3. The number of nitrogens with one attached hydrogen (secondary N) is 1. The number of ether oxygens (including phenoxy) is 2. The van der Waals surface area contributed by atoms with E-state index in [0.717, 1.165) is 25.8 Å². The molecule has 96 valence electrons. The lowest BCUT2D eigenvalue weighted by molar-refractivity contribution is -0.147. The summed E-state index contributed by atoms with van der Waals surface area (Å²) >= 11 is 0. The zero-order chi connectivity index (χ0) is 12.2. The van der Waals surface area contributed by atoms with Gasteiger partial charge in [0.1, 0.15) is 6.04 Å². The van der Waals surface area contributed by atoms with E-state index in [0.29, 0.717) is 19.8 Å². The van der Waals surface area contributed by atoms with Crippen LogP contribution in [0.25, 0.3) is 0 Å². The minimum Gasteiger partial charge on any atom is -0.465 e. The van der Waals surface area contributed by atoms with Gasteiger partial charge < -0.3 is 14.8 Å². The molecule has 0 rings (SSSR count). The maximum atomic E-state index is 11.5. The number of rotatable bonds is 10. The maximum Gasteiger partial charge on any atom is 0.325 e. The predicted octanol–water partition coefficient (Wildman–Crippen LogP) is 1.73. The Bertz CT molecular complexity index is 174. The molecule has 0 heterocycles. The van der Waals surface area contributed by atoms with Crippen molar-refractivity contribution in [3.05, 3.63) is 0 Å². The fourth-order valence-corrected chi connectivity index (χ4v) is 1.22. The van der Waals surface area contributed by atoms with Crippen molar-refractivity contribution in [2.75, 3.05) is 26.4 Å². The largest absolute Gasteiger partial charge is 0.465 e. The van der Waals surface area contributed by atoms with Crippen molar-refractivity contribution in [3.8, 4) is 0 Å². The molecule has 1 N–H and O–H groups in total. The average molecular weight is 231 g/mol. The summed E-state index contributed by atoms with van der Waals surface area (Å²) in [5, 5.41) is 3.13. The van der Waals surface area contributed by atoms with Crippen LogP contribution >= 0.6 is 0 Å². The van der Waals surface area contributed by atoms with Crippen molar-refractivity contribution in [3.63, 3.8) is 0 Å². The van der Waals surface area contributed by atoms with Crippen LogP contribution in [-0.4, -0.2) is 38.4 Å². The first-order valence-corrected chi connectivity index (χ1v) is 6.23. The Kier molecular flexibility index (Phi) is 10.5. The van der Waals surface area contributed by atoms with Gasteiger partial charge in [0, 0.05) is 6.61 Å². The molecule has 0 aliphatic rings. The number of unbranched alkanes of at least 4 members (excludes halogenated alkanes) is 1. The van der Waals surface area contributed by atoms with Gasteiger partial charge in [-0.2, -0.15) is 0 Å². The lowest BCUT2D eigenvalue weighted by Gasteiger charge is -2.16. The summed E-state index contributed by atoms with van der Waals surface area (Å²) in [6.45, 7) is 8.32. The van der Waals surface area contributed by atoms with Crippen LogP contribution in [0.1, 0.15) is 40.0 Å². The summed E-state index contributed by atoms with van der Waals surface area (Å²) in [7, 11) is 0. The number of hydrogen-bond acceptors (Lipinski definition) is 4. The van der Waals surface area contributed by atoms with Gasteiger partial charge in [0.15, 0.2) is 0 Å². The van der Waals surface area contributed by atoms with E-state index in [4.69, 9.17) is 9.47 Å². The van der Waals surface area contributed by atoms with Gasteiger partial charge in [0.05, 0.1) is 13.2 Å². The van der Waals surface area contributed by atoms with Crippen molar-refractivity contribution < 1.29 is 14.3 Å². The van der Waals surface area contributed by atoms with Gasteiger partial charge in [-0.3, -0.25) is 4.79 Å². The summed E-state index contributed by atoms with van der Waals surface area (Å²) in [6, 6.07) is -0.322. The maximum absolute atomic E-state index is 11.5. The van der Waals surface area contributed by atoms with Gasteiger partial charge in [-0.05, 0) is 26.3 Å². The highest BCUT2D eigenvalue weighted by atomic mass is 16.5. The van der Waals surface area contributed by atoms with E-state index in [1.165, 1.54) is 0 Å². The van der Waals surface area contributed by atoms with E-state index in [1.54, 1.807) is 0 Å². The van der Waals surface area contributed by atoms with Crippen molar-refractivity contribution in [1.82, 2.24) is 5.32 Å². The Balaban J connectivity index is 3.84. The Morgan fingerprint density at radius 2 is 2.00 bits per heavy atom. The van der Waals surface area contributed by atoms with Gasteiger partial charge >= 0.3 is 5.97 Å². The third-order valence-corrected chi connectivity index (χ3v) is 2.14. The number of esters is 1. The molecule has 0 amide bonds. The quantitative estimate of drug-likeness (QED) is 0.459. The highest BCUT2D eigenvalue weighted by Crippen LogP contribution is 1.95. The average Bonchev–Trinajstić information content (AvgIpc) is 2.28. The molecular weight excluding hydrogens is 206 g/mol. The molecular formula is C12H25NO3. The van der Waals surface area contributed by atoms with E-state index in [1.807, 2.05) is 6.92 Å². The molecule has 4 heteroatoms. The first-order chi connectivity index (χ1) is 7.76. The second kappa shape index (κ2) is 10.9. The zero-order valence-corrected chi connectivity index (χ0v) is 10.8. The third-order valence-electron chi connectivity index (χ3n) is 2.14. The van der Waals surface area contributed by atoms with E-state index in [9.17, 15) is 4.79 Å². The number of carbonyl (C=O) groups excluding carboxylic acids is 1. The molecule has 0 bridgehead atoms. The molecule has 0 aromatic rings. The van der Waals surface area contributed by atoms with E-state index in [-0.39, 0.29) is 12.0 Å². The highest BCUT2D eigenvalue weighted by Gasteiger charge is 2.18. The van der Waals surface area contributed by atoms with Crippen LogP contribution in [0.15, 0.2) is 0 Å². The van der Waals surface area contributed by atoms with Crippen LogP contribution in [0.5, 0.6) is 0 Å². The smallest absolute Gasteiger partial charge is 0.325 e. The van der Waals surface area contributed by atoms with E-state index in [2.05, 4.69) is 19.2 Å². The molecule has 0 aliphatic heterocycles. The molecule has 0 aromatic heterocycles. The zero-order valence-electron chi connectivity index (χ0n) is 10.8. The molecule has 1 atom stereocenters. The molecule has 0 aliphatic carbocycles. The molecule has 0 aromatic carbocycles. The molecule has 0 spiro atoms. The topological polar surface area (TPSA) is 47.6 Å². The predicted molar refractivity (Wildman–Crippen MR) is 64.4 cm³/mol. The second-order valence-electron chi connectivity index (χ2n) is 3.69. The first kappa shape index (κ1) is 15.4. The van der Waals surface area contributed by atoms with Crippen molar-refractivity contribution in [1.29, 1.82) is 0 Å². The second-order valence-corrected chi connectivity index (χ2v) is 3.69. The van der Waals surface area contributed by atoms with Crippen LogP contribution in [0.4, 0.5) is 0 Å². The van der Waals surface area contributed by atoms with Crippen molar-refractivity contribution in [2.45, 2.75) is 46.1 Å². The van der Waals surface area contributed by atoms with Gasteiger partial charge in [0.25, 0.3) is 0 Å². The highest BCUT2D eigenvalue weighted by molar-refractivity contribution is 5.75. The Hall–Kier alpha value is -0.610. The minimum absolute atomic E-state index is 0.215. The summed E-state index contributed by atoms with van der Waals surface area (Å²) in [6.07, 6.45) is 3.13. The monoisotopic (exact) mass is 231 g/mol. The van der Waals surface area contributed by atoms with Crippen LogP contribution in [0.2, 0.25) is 0 Å². The van der Waals surface area contributed by atoms with Gasteiger partial charge in [-0.1, -0.05) is 20.3 Å². The van der Waals surface area contributed by atoms with Crippen LogP contribution < -0.4 is 5.32 Å². The third kappa shape index (κ3) is 7.65. The molecule has 4 nitrogen and oxygen atoms in total. The summed E-state index contributed by atoms with van der Waals surface area (Å²) in [5.41, 5.74) is 0. The normalized spacial score (nSPS) is 12.4. The number of carbonyl (C=O) groups is 1. The molecule has 1 unspecified atom stereocenters. The Labute approximate surface area is 98.7 Å². The number of hydrogen-bond donors (Lipinski definition) is 1. The molecule has 16 heavy (non-hydrogen) atoms. The van der Waals surface area contributed by atoms with Crippen molar-refractivity contribution in [2.24, 2.45) is 0 Å². The van der Waals surface area contributed by atoms with Crippen LogP contribution in [0, 0.1) is 0 Å². The Morgan fingerprint density at radius 3 is 2.56 bits per heavy atom. The molecule has 0 radical (unpaired) electrons. The summed E-state index contributed by atoms with van der Waals surface area (Å²) < 4.78 is 10.4. The SMILES string of the molecule is CCCCOCC(NCCC)C(=O)OCC. The lowest BCUT2D eigenvalue weighted by atomic mass is 10.3. The van der Waals surface area contributed by atoms with Crippen LogP contribution in [-0.2, 0) is 14.3 Å². The Morgan fingerprint density at radius 1 is 1.25 bits per heavy atom. The van der Waals surface area contributed by atoms with Gasteiger partial charge in [0.2, 0.25) is 0 Å². The molecule has 0 fully saturated rings. The first-order valence-electron chi connectivity index (χ1n) is 6.23.